The second kappa shape index (κ2) is 6.10. The Morgan fingerprint density at radius 3 is 2.68 bits per heavy atom. The first-order valence-electron chi connectivity index (χ1n) is 5.87. The summed E-state index contributed by atoms with van der Waals surface area (Å²) in [5, 5.41) is 10.6. The van der Waals surface area contributed by atoms with Gasteiger partial charge in [-0.15, -0.1) is 0 Å². The van der Waals surface area contributed by atoms with E-state index in [1.165, 1.54) is 12.1 Å². The number of aromatic nitrogens is 1. The number of hydrogen-bond acceptors (Lipinski definition) is 3. The first-order valence-corrected chi connectivity index (χ1v) is 6.25. The van der Waals surface area contributed by atoms with Crippen LogP contribution in [-0.4, -0.2) is 16.6 Å². The summed E-state index contributed by atoms with van der Waals surface area (Å²) < 4.78 is 13.8. The van der Waals surface area contributed by atoms with E-state index in [0.29, 0.717) is 0 Å². The van der Waals surface area contributed by atoms with E-state index in [1.807, 2.05) is 0 Å². The summed E-state index contributed by atoms with van der Waals surface area (Å²) in [4.78, 5) is 3.98. The van der Waals surface area contributed by atoms with E-state index in [0.717, 1.165) is 5.56 Å². The van der Waals surface area contributed by atoms with Crippen LogP contribution in [0.15, 0.2) is 42.7 Å². The van der Waals surface area contributed by atoms with Crippen molar-refractivity contribution in [1.29, 1.82) is 0 Å². The van der Waals surface area contributed by atoms with Gasteiger partial charge < -0.3 is 10.8 Å². The van der Waals surface area contributed by atoms with Gasteiger partial charge in [0.05, 0.1) is 6.10 Å². The Labute approximate surface area is 115 Å². The summed E-state index contributed by atoms with van der Waals surface area (Å²) >= 11 is 5.96. The van der Waals surface area contributed by atoms with Gasteiger partial charge in [-0.3, -0.25) is 4.98 Å². The van der Waals surface area contributed by atoms with Crippen LogP contribution in [0.1, 0.15) is 23.1 Å². The van der Waals surface area contributed by atoms with E-state index in [1.54, 1.807) is 30.6 Å². The average molecular weight is 281 g/mol. The van der Waals surface area contributed by atoms with Gasteiger partial charge in [0.15, 0.2) is 0 Å². The number of benzene rings is 1. The Balaban J connectivity index is 2.39. The molecule has 0 aliphatic heterocycles. The maximum absolute atomic E-state index is 13.8. The van der Waals surface area contributed by atoms with Gasteiger partial charge in [-0.1, -0.05) is 23.7 Å². The third-order valence-electron chi connectivity index (χ3n) is 3.04. The molecule has 0 amide bonds. The summed E-state index contributed by atoms with van der Waals surface area (Å²) in [6, 6.07) is 7.84. The van der Waals surface area contributed by atoms with Gasteiger partial charge in [0, 0.05) is 35.4 Å². The van der Waals surface area contributed by atoms with Gasteiger partial charge in [0.2, 0.25) is 0 Å². The molecule has 19 heavy (non-hydrogen) atoms. The summed E-state index contributed by atoms with van der Waals surface area (Å²) in [6.07, 6.45) is 2.12. The summed E-state index contributed by atoms with van der Waals surface area (Å²) in [5.74, 6) is -0.995. The van der Waals surface area contributed by atoms with Crippen LogP contribution >= 0.6 is 11.6 Å². The minimum absolute atomic E-state index is 0.0727. The highest BCUT2D eigenvalue weighted by Crippen LogP contribution is 2.35. The normalized spacial score (nSPS) is 14.1. The minimum Gasteiger partial charge on any atom is -0.388 e. The Hall–Kier alpha value is -1.49. The first-order chi connectivity index (χ1) is 9.15. The number of hydrogen-bond donors (Lipinski definition) is 2. The Morgan fingerprint density at radius 1 is 1.32 bits per heavy atom. The second-order valence-electron chi connectivity index (χ2n) is 4.21. The largest absolute Gasteiger partial charge is 0.388 e. The van der Waals surface area contributed by atoms with Gasteiger partial charge in [0.1, 0.15) is 5.82 Å². The van der Waals surface area contributed by atoms with Crippen molar-refractivity contribution in [3.05, 3.63) is 64.7 Å². The lowest BCUT2D eigenvalue weighted by atomic mass is 9.90. The third-order valence-corrected chi connectivity index (χ3v) is 3.37. The molecule has 3 N–H and O–H groups in total. The zero-order valence-corrected chi connectivity index (χ0v) is 10.9. The Kier molecular flexibility index (Phi) is 4.47. The van der Waals surface area contributed by atoms with E-state index < -0.39 is 17.8 Å². The Bertz CT molecular complexity index is 530. The van der Waals surface area contributed by atoms with E-state index in [4.69, 9.17) is 17.3 Å². The van der Waals surface area contributed by atoms with E-state index in [2.05, 4.69) is 4.98 Å². The molecule has 2 atom stereocenters. The predicted molar refractivity (Wildman–Crippen MR) is 72.4 cm³/mol. The van der Waals surface area contributed by atoms with Crippen molar-refractivity contribution in [2.75, 3.05) is 6.54 Å². The summed E-state index contributed by atoms with van der Waals surface area (Å²) in [5.41, 5.74) is 6.51. The molecule has 0 spiro atoms. The van der Waals surface area contributed by atoms with Gasteiger partial charge in [-0.25, -0.2) is 4.39 Å². The number of halogens is 2. The molecule has 1 aromatic heterocycles. The molecule has 0 aliphatic rings. The van der Waals surface area contributed by atoms with E-state index in [-0.39, 0.29) is 17.1 Å². The molecule has 100 valence electrons. The molecule has 1 heterocycles. The van der Waals surface area contributed by atoms with Gasteiger partial charge in [0.25, 0.3) is 0 Å². The van der Waals surface area contributed by atoms with Crippen molar-refractivity contribution in [2.24, 2.45) is 5.73 Å². The SMILES string of the molecule is NCC(c1cccnc1)C(O)c1c(F)cccc1Cl. The fourth-order valence-corrected chi connectivity index (χ4v) is 2.31. The third kappa shape index (κ3) is 2.92. The molecular formula is C14H14ClFN2O. The Morgan fingerprint density at radius 2 is 2.11 bits per heavy atom. The summed E-state index contributed by atoms with van der Waals surface area (Å²) in [6.45, 7) is 0.164. The highest BCUT2D eigenvalue weighted by molar-refractivity contribution is 6.31. The van der Waals surface area contributed by atoms with Crippen molar-refractivity contribution >= 4 is 11.6 Å². The van der Waals surface area contributed by atoms with Crippen LogP contribution in [0.4, 0.5) is 4.39 Å². The fourth-order valence-electron chi connectivity index (χ4n) is 2.04. The molecule has 0 fully saturated rings. The first kappa shape index (κ1) is 13.9. The quantitative estimate of drug-likeness (QED) is 0.905. The van der Waals surface area contributed by atoms with Crippen LogP contribution < -0.4 is 5.73 Å². The number of nitrogens with zero attached hydrogens (tertiary/aromatic N) is 1. The molecule has 3 nitrogen and oxygen atoms in total. The monoisotopic (exact) mass is 280 g/mol. The zero-order valence-electron chi connectivity index (χ0n) is 10.1. The van der Waals surface area contributed by atoms with Gasteiger partial charge in [-0.05, 0) is 23.8 Å². The maximum atomic E-state index is 13.8. The number of aliphatic hydroxyl groups is 1. The highest BCUT2D eigenvalue weighted by Gasteiger charge is 2.26. The summed E-state index contributed by atoms with van der Waals surface area (Å²) in [7, 11) is 0. The van der Waals surface area contributed by atoms with Crippen molar-refractivity contribution in [3.63, 3.8) is 0 Å². The topological polar surface area (TPSA) is 59.1 Å². The van der Waals surface area contributed by atoms with Crippen LogP contribution in [0.3, 0.4) is 0 Å². The predicted octanol–water partition coefficient (Wildman–Crippen LogP) is 2.65. The molecule has 0 saturated heterocycles. The zero-order chi connectivity index (χ0) is 13.8. The molecule has 0 bridgehead atoms. The molecule has 2 aromatic rings. The molecule has 0 radical (unpaired) electrons. The minimum atomic E-state index is -1.11. The van der Waals surface area contributed by atoms with Crippen LogP contribution in [-0.2, 0) is 0 Å². The van der Waals surface area contributed by atoms with Crippen molar-refractivity contribution in [3.8, 4) is 0 Å². The highest BCUT2D eigenvalue weighted by atomic mass is 35.5. The molecule has 0 aliphatic carbocycles. The van der Waals surface area contributed by atoms with E-state index in [9.17, 15) is 9.50 Å². The van der Waals surface area contributed by atoms with E-state index >= 15 is 0 Å². The number of pyridine rings is 1. The number of nitrogens with two attached hydrogens (primary N) is 1. The van der Waals surface area contributed by atoms with Gasteiger partial charge in [-0.2, -0.15) is 0 Å². The van der Waals surface area contributed by atoms with Crippen molar-refractivity contribution < 1.29 is 9.50 Å². The lowest BCUT2D eigenvalue weighted by molar-refractivity contribution is 0.143. The van der Waals surface area contributed by atoms with Crippen molar-refractivity contribution in [1.82, 2.24) is 4.98 Å². The smallest absolute Gasteiger partial charge is 0.130 e. The molecule has 5 heteroatoms. The number of aliphatic hydroxyl groups excluding tert-OH is 1. The van der Waals surface area contributed by atoms with Crippen molar-refractivity contribution in [2.45, 2.75) is 12.0 Å². The lowest BCUT2D eigenvalue weighted by Crippen LogP contribution is -2.21. The molecule has 1 aromatic carbocycles. The number of rotatable bonds is 4. The van der Waals surface area contributed by atoms with Crippen LogP contribution in [0, 0.1) is 5.82 Å². The standard InChI is InChI=1S/C14H14ClFN2O/c15-11-4-1-5-12(16)13(11)14(19)10(7-17)9-3-2-6-18-8-9/h1-6,8,10,14,19H,7,17H2. The maximum Gasteiger partial charge on any atom is 0.130 e. The molecular weight excluding hydrogens is 267 g/mol. The van der Waals surface area contributed by atoms with Gasteiger partial charge >= 0.3 is 0 Å². The molecule has 2 unspecified atom stereocenters. The molecule has 0 saturated carbocycles. The lowest BCUT2D eigenvalue weighted by Gasteiger charge is -2.23. The molecule has 2 rings (SSSR count). The van der Waals surface area contributed by atoms with Crippen LogP contribution in [0.5, 0.6) is 0 Å². The average Bonchev–Trinajstić information content (AvgIpc) is 2.40. The van der Waals surface area contributed by atoms with Crippen LogP contribution in [0.25, 0.3) is 0 Å². The fraction of sp³-hybridized carbons (Fsp3) is 0.214. The second-order valence-corrected chi connectivity index (χ2v) is 4.62. The van der Waals surface area contributed by atoms with Crippen LogP contribution in [0.2, 0.25) is 5.02 Å².